The first kappa shape index (κ1) is 14.1. The van der Waals surface area contributed by atoms with Gasteiger partial charge in [0.1, 0.15) is 0 Å². The molecule has 0 aromatic rings. The lowest BCUT2D eigenvalue weighted by Gasteiger charge is -2.25. The second kappa shape index (κ2) is 7.39. The second-order valence-electron chi connectivity index (χ2n) is 5.32. The van der Waals surface area contributed by atoms with E-state index in [0.29, 0.717) is 6.04 Å². The summed E-state index contributed by atoms with van der Waals surface area (Å²) in [4.78, 5) is 0. The summed E-state index contributed by atoms with van der Waals surface area (Å²) in [6.45, 7) is 9.13. The quantitative estimate of drug-likeness (QED) is 0.546. The van der Waals surface area contributed by atoms with E-state index in [1.54, 1.807) is 5.57 Å². The van der Waals surface area contributed by atoms with E-state index in [1.807, 2.05) is 11.9 Å². The fraction of sp³-hybridized carbons (Fsp3) is 0.857. The molecule has 1 aliphatic rings. The third-order valence-corrected chi connectivity index (χ3v) is 4.67. The highest BCUT2D eigenvalue weighted by Crippen LogP contribution is 2.30. The van der Waals surface area contributed by atoms with Crippen molar-refractivity contribution in [2.24, 2.45) is 11.8 Å². The minimum absolute atomic E-state index is 0.647. The standard InChI is InChI=1S/C14H27NS/c1-5-12(4)15-16-10-13-7-6-8-14(9-13)11(2)3/h8,11-13,15H,5-7,9-10H2,1-4H3/t12-,13?/m1/s1. The van der Waals surface area contributed by atoms with Crippen LogP contribution in [0.25, 0.3) is 0 Å². The Kier molecular flexibility index (Phi) is 6.52. The summed E-state index contributed by atoms with van der Waals surface area (Å²) >= 11 is 1.93. The van der Waals surface area contributed by atoms with E-state index in [4.69, 9.17) is 0 Å². The first-order valence-corrected chi connectivity index (χ1v) is 7.68. The molecule has 94 valence electrons. The molecular formula is C14H27NS. The highest BCUT2D eigenvalue weighted by atomic mass is 32.2. The zero-order valence-electron chi connectivity index (χ0n) is 11.3. The fourth-order valence-corrected chi connectivity index (χ4v) is 3.10. The number of allylic oxidation sites excluding steroid dienone is 2. The van der Waals surface area contributed by atoms with Gasteiger partial charge in [-0.25, -0.2) is 0 Å². The number of nitrogens with one attached hydrogen (secondary N) is 1. The van der Waals surface area contributed by atoms with Crippen LogP contribution in [0, 0.1) is 11.8 Å². The van der Waals surface area contributed by atoms with Gasteiger partial charge >= 0.3 is 0 Å². The van der Waals surface area contributed by atoms with Crippen LogP contribution in [0.3, 0.4) is 0 Å². The van der Waals surface area contributed by atoms with Gasteiger partial charge in [-0.3, -0.25) is 4.72 Å². The summed E-state index contributed by atoms with van der Waals surface area (Å²) in [7, 11) is 0. The summed E-state index contributed by atoms with van der Waals surface area (Å²) < 4.78 is 3.52. The van der Waals surface area contributed by atoms with Crippen molar-refractivity contribution in [1.29, 1.82) is 0 Å². The number of hydrogen-bond donors (Lipinski definition) is 1. The molecule has 1 rings (SSSR count). The van der Waals surface area contributed by atoms with Gasteiger partial charge in [0.2, 0.25) is 0 Å². The van der Waals surface area contributed by atoms with Gasteiger partial charge in [0.25, 0.3) is 0 Å². The Morgan fingerprint density at radius 2 is 2.19 bits per heavy atom. The van der Waals surface area contributed by atoms with E-state index in [-0.39, 0.29) is 0 Å². The van der Waals surface area contributed by atoms with Crippen molar-refractivity contribution < 1.29 is 0 Å². The summed E-state index contributed by atoms with van der Waals surface area (Å²) in [5.41, 5.74) is 1.68. The van der Waals surface area contributed by atoms with E-state index in [1.165, 1.54) is 31.4 Å². The first-order valence-electron chi connectivity index (χ1n) is 6.69. The van der Waals surface area contributed by atoms with Gasteiger partial charge in [-0.05, 0) is 44.4 Å². The Labute approximate surface area is 106 Å². The van der Waals surface area contributed by atoms with Gasteiger partial charge in [0.15, 0.2) is 0 Å². The fourth-order valence-electron chi connectivity index (χ4n) is 2.03. The lowest BCUT2D eigenvalue weighted by atomic mass is 9.85. The topological polar surface area (TPSA) is 12.0 Å². The van der Waals surface area contributed by atoms with Crippen LogP contribution in [0.4, 0.5) is 0 Å². The Bertz CT molecular complexity index is 223. The Morgan fingerprint density at radius 3 is 2.81 bits per heavy atom. The molecule has 0 saturated carbocycles. The minimum Gasteiger partial charge on any atom is -0.261 e. The van der Waals surface area contributed by atoms with Gasteiger partial charge in [0.05, 0.1) is 0 Å². The van der Waals surface area contributed by atoms with E-state index in [2.05, 4.69) is 38.5 Å². The molecule has 0 spiro atoms. The normalized spacial score (nSPS) is 23.3. The molecule has 0 aliphatic heterocycles. The zero-order chi connectivity index (χ0) is 12.0. The van der Waals surface area contributed by atoms with E-state index in [9.17, 15) is 0 Å². The van der Waals surface area contributed by atoms with E-state index < -0.39 is 0 Å². The molecular weight excluding hydrogens is 214 g/mol. The van der Waals surface area contributed by atoms with Crippen molar-refractivity contribution in [3.05, 3.63) is 11.6 Å². The third kappa shape index (κ3) is 4.92. The molecule has 0 heterocycles. The summed E-state index contributed by atoms with van der Waals surface area (Å²) in [6, 6.07) is 0.647. The third-order valence-electron chi connectivity index (χ3n) is 3.46. The van der Waals surface area contributed by atoms with Gasteiger partial charge in [-0.1, -0.05) is 44.4 Å². The largest absolute Gasteiger partial charge is 0.261 e. The molecule has 1 N–H and O–H groups in total. The number of hydrogen-bond acceptors (Lipinski definition) is 2. The molecule has 0 radical (unpaired) electrons. The lowest BCUT2D eigenvalue weighted by molar-refractivity contribution is 0.486. The van der Waals surface area contributed by atoms with Gasteiger partial charge in [-0.15, -0.1) is 0 Å². The van der Waals surface area contributed by atoms with Crippen LogP contribution < -0.4 is 4.72 Å². The SMILES string of the molecule is CC[C@@H](C)NSCC1CCC=C(C(C)C)C1. The van der Waals surface area contributed by atoms with Crippen LogP contribution >= 0.6 is 11.9 Å². The first-order chi connectivity index (χ1) is 7.63. The number of rotatable bonds is 6. The molecule has 0 fully saturated rings. The van der Waals surface area contributed by atoms with Crippen molar-refractivity contribution in [2.45, 2.75) is 59.4 Å². The predicted octanol–water partition coefficient (Wildman–Crippen LogP) is 4.41. The van der Waals surface area contributed by atoms with Gasteiger partial charge in [-0.2, -0.15) is 0 Å². The van der Waals surface area contributed by atoms with Gasteiger partial charge < -0.3 is 0 Å². The maximum Gasteiger partial charge on any atom is 0.0140 e. The highest BCUT2D eigenvalue weighted by Gasteiger charge is 2.17. The average Bonchev–Trinajstić information content (AvgIpc) is 2.29. The van der Waals surface area contributed by atoms with Crippen LogP contribution in [-0.2, 0) is 0 Å². The maximum absolute atomic E-state index is 3.52. The highest BCUT2D eigenvalue weighted by molar-refractivity contribution is 7.97. The predicted molar refractivity (Wildman–Crippen MR) is 75.6 cm³/mol. The van der Waals surface area contributed by atoms with Crippen LogP contribution in [0.2, 0.25) is 0 Å². The molecule has 2 atom stereocenters. The monoisotopic (exact) mass is 241 g/mol. The second-order valence-corrected chi connectivity index (χ2v) is 6.18. The van der Waals surface area contributed by atoms with E-state index >= 15 is 0 Å². The molecule has 0 aromatic heterocycles. The molecule has 0 aromatic carbocycles. The van der Waals surface area contributed by atoms with Crippen molar-refractivity contribution >= 4 is 11.9 Å². The van der Waals surface area contributed by atoms with Crippen molar-refractivity contribution in [3.8, 4) is 0 Å². The minimum atomic E-state index is 0.647. The van der Waals surface area contributed by atoms with E-state index in [0.717, 1.165) is 11.8 Å². The molecule has 0 saturated heterocycles. The molecule has 1 nitrogen and oxygen atoms in total. The Morgan fingerprint density at radius 1 is 1.44 bits per heavy atom. The molecule has 1 aliphatic carbocycles. The van der Waals surface area contributed by atoms with Crippen molar-refractivity contribution in [2.75, 3.05) is 5.75 Å². The Balaban J connectivity index is 2.22. The van der Waals surface area contributed by atoms with Crippen molar-refractivity contribution in [1.82, 2.24) is 4.72 Å². The molecule has 2 heteroatoms. The zero-order valence-corrected chi connectivity index (χ0v) is 12.1. The lowest BCUT2D eigenvalue weighted by Crippen LogP contribution is -2.21. The Hall–Kier alpha value is 0.0500. The summed E-state index contributed by atoms with van der Waals surface area (Å²) in [6.07, 6.45) is 7.68. The van der Waals surface area contributed by atoms with Crippen molar-refractivity contribution in [3.63, 3.8) is 0 Å². The van der Waals surface area contributed by atoms with Crippen LogP contribution in [0.1, 0.15) is 53.4 Å². The molecule has 1 unspecified atom stereocenters. The summed E-state index contributed by atoms with van der Waals surface area (Å²) in [5, 5.41) is 0. The van der Waals surface area contributed by atoms with Crippen LogP contribution in [-0.4, -0.2) is 11.8 Å². The molecule has 16 heavy (non-hydrogen) atoms. The maximum atomic E-state index is 3.52. The average molecular weight is 241 g/mol. The smallest absolute Gasteiger partial charge is 0.0140 e. The summed E-state index contributed by atoms with van der Waals surface area (Å²) in [5.74, 6) is 2.91. The van der Waals surface area contributed by atoms with Crippen LogP contribution in [0.5, 0.6) is 0 Å². The molecule has 0 bridgehead atoms. The van der Waals surface area contributed by atoms with Crippen LogP contribution in [0.15, 0.2) is 11.6 Å². The van der Waals surface area contributed by atoms with Gasteiger partial charge in [0, 0.05) is 11.8 Å². The molecule has 0 amide bonds.